The lowest BCUT2D eigenvalue weighted by molar-refractivity contribution is -0.0197. The first kappa shape index (κ1) is 36.6. The van der Waals surface area contributed by atoms with E-state index in [0.29, 0.717) is 17.9 Å². The van der Waals surface area contributed by atoms with E-state index in [0.717, 1.165) is 25.2 Å². The van der Waals surface area contributed by atoms with Crippen LogP contribution in [0, 0.1) is 5.92 Å². The molecule has 1 heterocycles. The standard InChI is InChI=1S/C19H30F2N4.C5H12.2C2H6/c1-4-6-8-9-10-11-18(25-22-3)24-16-12-14-23-17(15-16)19(20,21)13-7-5-2;1-4-5(2)3;2*1-2/h11-12,14-15,25H,3-10,13H2,1-2H3,(H,23,24);5H,4H2,1-3H3;2*1-2H3/b18-11-;;;. The fourth-order valence-corrected chi connectivity index (χ4v) is 2.42. The van der Waals surface area contributed by atoms with Crippen molar-refractivity contribution in [1.82, 2.24) is 10.4 Å². The van der Waals surface area contributed by atoms with E-state index in [1.165, 1.54) is 37.9 Å². The van der Waals surface area contributed by atoms with Gasteiger partial charge in [-0.2, -0.15) is 13.9 Å². The lowest BCUT2D eigenvalue weighted by atomic mass is 10.1. The number of rotatable bonds is 14. The minimum atomic E-state index is -2.91. The van der Waals surface area contributed by atoms with Crippen LogP contribution in [-0.4, -0.2) is 11.7 Å². The molecule has 0 radical (unpaired) electrons. The van der Waals surface area contributed by atoms with Crippen LogP contribution in [-0.2, 0) is 5.92 Å². The zero-order chi connectivity index (χ0) is 26.8. The number of pyridine rings is 1. The maximum Gasteiger partial charge on any atom is 0.289 e. The van der Waals surface area contributed by atoms with Gasteiger partial charge in [-0.25, -0.2) is 0 Å². The summed E-state index contributed by atoms with van der Waals surface area (Å²) in [6, 6.07) is 3.06. The summed E-state index contributed by atoms with van der Waals surface area (Å²) in [5, 5.41) is 6.75. The fraction of sp³-hybridized carbons (Fsp3) is 0.714. The molecule has 1 aromatic heterocycles. The Kier molecular flexibility index (Phi) is 27.6. The average Bonchev–Trinajstić information content (AvgIpc) is 2.85. The van der Waals surface area contributed by atoms with Gasteiger partial charge in [-0.3, -0.25) is 10.4 Å². The quantitative estimate of drug-likeness (QED) is 0.157. The molecule has 4 nitrogen and oxygen atoms in total. The number of nitrogens with zero attached hydrogens (tertiary/aromatic N) is 2. The van der Waals surface area contributed by atoms with Gasteiger partial charge in [0.25, 0.3) is 5.92 Å². The van der Waals surface area contributed by atoms with Crippen molar-refractivity contribution in [3.63, 3.8) is 0 Å². The van der Waals surface area contributed by atoms with E-state index < -0.39 is 5.92 Å². The zero-order valence-electron chi connectivity index (χ0n) is 23.6. The van der Waals surface area contributed by atoms with Gasteiger partial charge in [0.2, 0.25) is 0 Å². The summed E-state index contributed by atoms with van der Waals surface area (Å²) >= 11 is 0. The molecule has 0 aliphatic rings. The molecule has 6 heteroatoms. The van der Waals surface area contributed by atoms with Gasteiger partial charge in [0, 0.05) is 25.0 Å². The number of nitrogens with one attached hydrogen (secondary N) is 2. The maximum atomic E-state index is 14.2. The van der Waals surface area contributed by atoms with Crippen LogP contribution >= 0.6 is 0 Å². The van der Waals surface area contributed by atoms with Crippen LogP contribution in [0.5, 0.6) is 0 Å². The summed E-state index contributed by atoms with van der Waals surface area (Å²) < 4.78 is 28.4. The Morgan fingerprint density at radius 2 is 1.65 bits per heavy atom. The molecule has 0 spiro atoms. The van der Waals surface area contributed by atoms with E-state index in [2.05, 4.69) is 55.2 Å². The van der Waals surface area contributed by atoms with Crippen molar-refractivity contribution in [3.8, 4) is 0 Å². The van der Waals surface area contributed by atoms with Gasteiger partial charge >= 0.3 is 0 Å². The Morgan fingerprint density at radius 1 is 1.06 bits per heavy atom. The topological polar surface area (TPSA) is 49.3 Å². The van der Waals surface area contributed by atoms with Crippen molar-refractivity contribution in [3.05, 3.63) is 35.9 Å². The summed E-state index contributed by atoms with van der Waals surface area (Å²) in [6.45, 7) is 22.1. The molecule has 1 aromatic rings. The van der Waals surface area contributed by atoms with Crippen molar-refractivity contribution in [1.29, 1.82) is 0 Å². The number of allylic oxidation sites excluding steroid dienone is 1. The van der Waals surface area contributed by atoms with Gasteiger partial charge < -0.3 is 5.32 Å². The van der Waals surface area contributed by atoms with Crippen LogP contribution < -0.4 is 10.7 Å². The van der Waals surface area contributed by atoms with E-state index in [9.17, 15) is 8.78 Å². The number of alkyl halides is 2. The molecule has 0 amide bonds. The minimum absolute atomic E-state index is 0.188. The van der Waals surface area contributed by atoms with E-state index in [-0.39, 0.29) is 12.1 Å². The average molecular weight is 485 g/mol. The predicted molar refractivity (Wildman–Crippen MR) is 149 cm³/mol. The van der Waals surface area contributed by atoms with Crippen LogP contribution in [0.15, 0.2) is 35.3 Å². The number of anilines is 1. The number of unbranched alkanes of at least 4 members (excludes halogenated alkanes) is 5. The van der Waals surface area contributed by atoms with Crippen LogP contribution in [0.4, 0.5) is 14.5 Å². The van der Waals surface area contributed by atoms with Gasteiger partial charge in [-0.1, -0.05) is 94.4 Å². The Hall–Kier alpha value is -1.98. The number of hydrogen-bond acceptors (Lipinski definition) is 4. The number of aromatic nitrogens is 1. The summed E-state index contributed by atoms with van der Waals surface area (Å²) in [5.74, 6) is -1.39. The van der Waals surface area contributed by atoms with Crippen LogP contribution in [0.3, 0.4) is 0 Å². The molecule has 2 N–H and O–H groups in total. The fourth-order valence-electron chi connectivity index (χ4n) is 2.42. The van der Waals surface area contributed by atoms with E-state index in [1.54, 1.807) is 6.07 Å². The molecule has 0 bridgehead atoms. The van der Waals surface area contributed by atoms with Crippen molar-refractivity contribution in [2.24, 2.45) is 11.0 Å². The SMILES string of the molecule is C=NN/C(=C\CCCCCC)Nc1ccnc(C(F)(F)CCCC)c1.CC.CC.CCC(C)C. The Morgan fingerprint density at radius 3 is 2.15 bits per heavy atom. The first-order chi connectivity index (χ1) is 16.3. The molecule has 0 aliphatic heterocycles. The summed E-state index contributed by atoms with van der Waals surface area (Å²) in [6.07, 6.45) is 11.2. The minimum Gasteiger partial charge on any atom is -0.341 e. The third-order valence-corrected chi connectivity index (χ3v) is 4.68. The second-order valence-electron chi connectivity index (χ2n) is 7.90. The molecule has 0 fully saturated rings. The normalized spacial score (nSPS) is 10.6. The molecule has 0 unspecified atom stereocenters. The van der Waals surface area contributed by atoms with Gasteiger partial charge in [0.1, 0.15) is 11.5 Å². The number of hydrogen-bond donors (Lipinski definition) is 2. The van der Waals surface area contributed by atoms with Crippen LogP contribution in [0.1, 0.15) is 126 Å². The smallest absolute Gasteiger partial charge is 0.289 e. The Bertz CT molecular complexity index is 602. The second-order valence-corrected chi connectivity index (χ2v) is 7.90. The molecular weight excluding hydrogens is 430 g/mol. The molecular formula is C28H54F2N4. The second kappa shape index (κ2) is 25.6. The molecule has 0 aromatic carbocycles. The van der Waals surface area contributed by atoms with Crippen molar-refractivity contribution in [2.45, 2.75) is 126 Å². The monoisotopic (exact) mass is 484 g/mol. The zero-order valence-corrected chi connectivity index (χ0v) is 23.6. The van der Waals surface area contributed by atoms with Crippen molar-refractivity contribution >= 4 is 12.4 Å². The van der Waals surface area contributed by atoms with Gasteiger partial charge in [-0.05, 0) is 43.4 Å². The molecule has 0 saturated carbocycles. The van der Waals surface area contributed by atoms with Crippen LogP contribution in [0.2, 0.25) is 0 Å². The lowest BCUT2D eigenvalue weighted by Gasteiger charge is -2.17. The van der Waals surface area contributed by atoms with Gasteiger partial charge in [-0.15, -0.1) is 0 Å². The van der Waals surface area contributed by atoms with E-state index in [4.69, 9.17) is 0 Å². The number of halogens is 2. The highest BCUT2D eigenvalue weighted by Gasteiger charge is 2.32. The molecule has 0 saturated heterocycles. The first-order valence-electron chi connectivity index (χ1n) is 13.3. The largest absolute Gasteiger partial charge is 0.341 e. The van der Waals surface area contributed by atoms with Gasteiger partial charge in [0.05, 0.1) is 0 Å². The molecule has 34 heavy (non-hydrogen) atoms. The van der Waals surface area contributed by atoms with Gasteiger partial charge in [0.15, 0.2) is 0 Å². The third kappa shape index (κ3) is 20.6. The summed E-state index contributed by atoms with van der Waals surface area (Å²) in [4.78, 5) is 3.85. The van der Waals surface area contributed by atoms with Crippen molar-refractivity contribution < 1.29 is 8.78 Å². The molecule has 0 aliphatic carbocycles. The van der Waals surface area contributed by atoms with Crippen LogP contribution in [0.25, 0.3) is 0 Å². The highest BCUT2D eigenvalue weighted by atomic mass is 19.3. The maximum absolute atomic E-state index is 14.2. The highest BCUT2D eigenvalue weighted by molar-refractivity contribution is 5.48. The molecule has 1 rings (SSSR count). The first-order valence-corrected chi connectivity index (χ1v) is 13.3. The lowest BCUT2D eigenvalue weighted by Crippen LogP contribution is -2.17. The Labute approximate surface area is 210 Å². The number of hydrazone groups is 1. The Balaban J connectivity index is -0.000000923. The third-order valence-electron chi connectivity index (χ3n) is 4.68. The molecule has 0 atom stereocenters. The summed E-state index contributed by atoms with van der Waals surface area (Å²) in [7, 11) is 0. The highest BCUT2D eigenvalue weighted by Crippen LogP contribution is 2.33. The van der Waals surface area contributed by atoms with Crippen molar-refractivity contribution in [2.75, 3.05) is 5.32 Å². The molecule has 200 valence electrons. The van der Waals surface area contributed by atoms with E-state index in [1.807, 2.05) is 40.7 Å². The summed E-state index contributed by atoms with van der Waals surface area (Å²) in [5.41, 5.74) is 3.11. The van der Waals surface area contributed by atoms with E-state index >= 15 is 0 Å². The predicted octanol–water partition coefficient (Wildman–Crippen LogP) is 9.90.